The van der Waals surface area contributed by atoms with Gasteiger partial charge in [0.15, 0.2) is 5.76 Å². The summed E-state index contributed by atoms with van der Waals surface area (Å²) >= 11 is 0. The first-order valence-electron chi connectivity index (χ1n) is 4.68. The first-order valence-corrected chi connectivity index (χ1v) is 4.68. The predicted molar refractivity (Wildman–Crippen MR) is 58.3 cm³/mol. The molecule has 76 valence electrons. The zero-order valence-corrected chi connectivity index (χ0v) is 8.38. The molecule has 0 saturated carbocycles. The fourth-order valence-electron chi connectivity index (χ4n) is 1.36. The third-order valence-corrected chi connectivity index (χ3v) is 2.14. The molecule has 0 aliphatic carbocycles. The highest BCUT2D eigenvalue weighted by Crippen LogP contribution is 2.16. The molecule has 0 bridgehead atoms. The molecule has 3 nitrogen and oxygen atoms in total. The minimum absolute atomic E-state index is 0.549. The van der Waals surface area contributed by atoms with Gasteiger partial charge in [-0.2, -0.15) is 4.74 Å². The minimum Gasteiger partial charge on any atom is -0.618 e. The number of furan rings is 1. The van der Waals surface area contributed by atoms with E-state index in [1.54, 1.807) is 18.2 Å². The van der Waals surface area contributed by atoms with E-state index in [0.717, 1.165) is 10.3 Å². The van der Waals surface area contributed by atoms with Crippen LogP contribution in [0.4, 0.5) is 5.69 Å². The second-order valence-corrected chi connectivity index (χ2v) is 3.26. The van der Waals surface area contributed by atoms with Gasteiger partial charge in [0.05, 0.1) is 6.26 Å². The molecule has 0 amide bonds. The van der Waals surface area contributed by atoms with Gasteiger partial charge in [0, 0.05) is 11.6 Å². The molecule has 0 saturated heterocycles. The largest absolute Gasteiger partial charge is 0.618 e. The Morgan fingerprint density at radius 2 is 2.00 bits per heavy atom. The molecule has 2 rings (SSSR count). The lowest BCUT2D eigenvalue weighted by Gasteiger charge is -2.04. The Hall–Kier alpha value is -2.03. The summed E-state index contributed by atoms with van der Waals surface area (Å²) in [5.41, 5.74) is 1.57. The van der Waals surface area contributed by atoms with E-state index >= 15 is 0 Å². The fraction of sp³-hybridized carbons (Fsp3) is 0.0833. The lowest BCUT2D eigenvalue weighted by atomic mass is 10.2. The van der Waals surface area contributed by atoms with Crippen LogP contribution in [0.3, 0.4) is 0 Å². The number of aryl methyl sites for hydroxylation is 1. The number of rotatable bonds is 2. The van der Waals surface area contributed by atoms with Gasteiger partial charge in [0.1, 0.15) is 0 Å². The molecular weight excluding hydrogens is 190 g/mol. The average molecular weight is 201 g/mol. The van der Waals surface area contributed by atoms with Gasteiger partial charge in [-0.15, -0.1) is 0 Å². The fourth-order valence-corrected chi connectivity index (χ4v) is 1.36. The molecule has 0 unspecified atom stereocenters. The normalized spacial score (nSPS) is 11.7. The zero-order chi connectivity index (χ0) is 10.7. The van der Waals surface area contributed by atoms with Gasteiger partial charge in [-0.1, -0.05) is 18.2 Å². The SMILES string of the molecule is Cc1ccccc1/[N+]([O-])=C/c1ccco1. The summed E-state index contributed by atoms with van der Waals surface area (Å²) in [7, 11) is 0. The molecule has 1 aromatic carbocycles. The molecular formula is C12H11NO2. The molecule has 2 aromatic rings. The van der Waals surface area contributed by atoms with Crippen molar-refractivity contribution in [2.24, 2.45) is 0 Å². The number of para-hydroxylation sites is 1. The first kappa shape index (κ1) is 9.52. The van der Waals surface area contributed by atoms with Gasteiger partial charge in [-0.3, -0.25) is 0 Å². The van der Waals surface area contributed by atoms with E-state index in [-0.39, 0.29) is 0 Å². The molecule has 0 N–H and O–H groups in total. The van der Waals surface area contributed by atoms with Crippen molar-refractivity contribution in [1.29, 1.82) is 0 Å². The van der Waals surface area contributed by atoms with Crippen molar-refractivity contribution in [3.05, 3.63) is 59.2 Å². The summed E-state index contributed by atoms with van der Waals surface area (Å²) in [6.45, 7) is 1.90. The summed E-state index contributed by atoms with van der Waals surface area (Å²) in [5, 5.41) is 11.7. The van der Waals surface area contributed by atoms with Crippen molar-refractivity contribution in [3.8, 4) is 0 Å². The number of hydrogen-bond donors (Lipinski definition) is 0. The topological polar surface area (TPSA) is 39.2 Å². The van der Waals surface area contributed by atoms with E-state index in [9.17, 15) is 5.21 Å². The molecule has 1 heterocycles. The molecule has 0 spiro atoms. The van der Waals surface area contributed by atoms with Crippen LogP contribution < -0.4 is 0 Å². The van der Waals surface area contributed by atoms with Crippen molar-refractivity contribution in [2.75, 3.05) is 0 Å². The zero-order valence-electron chi connectivity index (χ0n) is 8.38. The maximum absolute atomic E-state index is 11.7. The van der Waals surface area contributed by atoms with Crippen LogP contribution in [0.25, 0.3) is 0 Å². The maximum Gasteiger partial charge on any atom is 0.223 e. The molecule has 15 heavy (non-hydrogen) atoms. The Labute approximate surface area is 87.9 Å². The molecule has 0 atom stereocenters. The average Bonchev–Trinajstić information content (AvgIpc) is 2.71. The van der Waals surface area contributed by atoms with Crippen LogP contribution in [-0.2, 0) is 0 Å². The van der Waals surface area contributed by atoms with Gasteiger partial charge in [-0.25, -0.2) is 0 Å². The highest BCUT2D eigenvalue weighted by Gasteiger charge is 2.05. The van der Waals surface area contributed by atoms with Crippen molar-refractivity contribution >= 4 is 11.9 Å². The van der Waals surface area contributed by atoms with Gasteiger partial charge in [0.2, 0.25) is 11.9 Å². The molecule has 1 aromatic heterocycles. The molecule has 0 fully saturated rings. The van der Waals surface area contributed by atoms with E-state index in [0.29, 0.717) is 11.4 Å². The van der Waals surface area contributed by atoms with Crippen LogP contribution in [0.15, 0.2) is 47.1 Å². The van der Waals surface area contributed by atoms with Crippen LogP contribution in [0.5, 0.6) is 0 Å². The van der Waals surface area contributed by atoms with E-state index in [1.165, 1.54) is 12.5 Å². The van der Waals surface area contributed by atoms with Crippen LogP contribution >= 0.6 is 0 Å². The molecule has 0 aliphatic heterocycles. The lowest BCUT2D eigenvalue weighted by Crippen LogP contribution is -1.99. The van der Waals surface area contributed by atoms with Crippen molar-refractivity contribution in [3.63, 3.8) is 0 Å². The first-order chi connectivity index (χ1) is 7.27. The number of benzene rings is 1. The lowest BCUT2D eigenvalue weighted by molar-refractivity contribution is -0.355. The molecule has 0 aliphatic rings. The number of nitrogens with zero attached hydrogens (tertiary/aromatic N) is 1. The maximum atomic E-state index is 11.7. The van der Waals surface area contributed by atoms with E-state index in [4.69, 9.17) is 4.42 Å². The van der Waals surface area contributed by atoms with E-state index in [1.807, 2.05) is 25.1 Å². The Kier molecular flexibility index (Phi) is 2.54. The van der Waals surface area contributed by atoms with E-state index in [2.05, 4.69) is 0 Å². The molecule has 3 heteroatoms. The minimum atomic E-state index is 0.549. The molecule has 0 radical (unpaired) electrons. The van der Waals surface area contributed by atoms with Crippen molar-refractivity contribution in [1.82, 2.24) is 0 Å². The van der Waals surface area contributed by atoms with Gasteiger partial charge in [0.25, 0.3) is 0 Å². The van der Waals surface area contributed by atoms with Crippen LogP contribution in [-0.4, -0.2) is 11.0 Å². The predicted octanol–water partition coefficient (Wildman–Crippen LogP) is 2.85. The van der Waals surface area contributed by atoms with Crippen molar-refractivity contribution < 1.29 is 9.16 Å². The van der Waals surface area contributed by atoms with Gasteiger partial charge >= 0.3 is 0 Å². The summed E-state index contributed by atoms with van der Waals surface area (Å²) in [5.74, 6) is 0.549. The summed E-state index contributed by atoms with van der Waals surface area (Å²) in [6, 6.07) is 10.9. The van der Waals surface area contributed by atoms with Crippen LogP contribution in [0.1, 0.15) is 11.3 Å². The van der Waals surface area contributed by atoms with Crippen LogP contribution in [0, 0.1) is 12.1 Å². The third kappa shape index (κ3) is 2.07. The Morgan fingerprint density at radius 3 is 2.67 bits per heavy atom. The Morgan fingerprint density at radius 1 is 1.20 bits per heavy atom. The summed E-state index contributed by atoms with van der Waals surface area (Å²) in [6.07, 6.45) is 2.96. The summed E-state index contributed by atoms with van der Waals surface area (Å²) < 4.78 is 5.88. The van der Waals surface area contributed by atoms with Gasteiger partial charge in [-0.05, 0) is 19.1 Å². The third-order valence-electron chi connectivity index (χ3n) is 2.14. The smallest absolute Gasteiger partial charge is 0.223 e. The highest BCUT2D eigenvalue weighted by molar-refractivity contribution is 5.72. The number of hydrogen-bond acceptors (Lipinski definition) is 2. The summed E-state index contributed by atoms with van der Waals surface area (Å²) in [4.78, 5) is 0. The monoisotopic (exact) mass is 201 g/mol. The van der Waals surface area contributed by atoms with E-state index < -0.39 is 0 Å². The highest BCUT2D eigenvalue weighted by atomic mass is 16.5. The second-order valence-electron chi connectivity index (χ2n) is 3.26. The second kappa shape index (κ2) is 4.00. The standard InChI is InChI=1S/C12H11NO2/c1-10-5-2-3-7-12(10)13(14)9-11-6-4-8-15-11/h2-9H,1H3/b13-9-. The van der Waals surface area contributed by atoms with Crippen LogP contribution in [0.2, 0.25) is 0 Å². The Bertz CT molecular complexity index is 472. The van der Waals surface area contributed by atoms with Gasteiger partial charge < -0.3 is 9.62 Å². The van der Waals surface area contributed by atoms with Crippen molar-refractivity contribution in [2.45, 2.75) is 6.92 Å². The quantitative estimate of drug-likeness (QED) is 0.324. The Balaban J connectivity index is 2.36.